The number of aryl methyl sites for hydroxylation is 2. The Hall–Kier alpha value is -0.390. The van der Waals surface area contributed by atoms with E-state index in [-0.39, 0.29) is 5.56 Å². The minimum atomic E-state index is -0.0146. The molecular formula is C9H13IN2O. The third kappa shape index (κ3) is 2.79. The Labute approximate surface area is 91.1 Å². The van der Waals surface area contributed by atoms with Crippen molar-refractivity contribution in [3.63, 3.8) is 0 Å². The lowest BCUT2D eigenvalue weighted by Gasteiger charge is -2.01. The van der Waals surface area contributed by atoms with Crippen LogP contribution in [-0.4, -0.2) is 9.97 Å². The van der Waals surface area contributed by atoms with Gasteiger partial charge in [0.1, 0.15) is 5.82 Å². The van der Waals surface area contributed by atoms with Gasteiger partial charge in [0.25, 0.3) is 5.56 Å². The van der Waals surface area contributed by atoms with Crippen molar-refractivity contribution in [2.24, 2.45) is 0 Å². The van der Waals surface area contributed by atoms with Gasteiger partial charge in [-0.1, -0.05) is 13.3 Å². The van der Waals surface area contributed by atoms with E-state index in [9.17, 15) is 4.79 Å². The van der Waals surface area contributed by atoms with Crippen LogP contribution in [-0.2, 0) is 6.42 Å². The molecule has 0 atom stereocenters. The van der Waals surface area contributed by atoms with Crippen molar-refractivity contribution in [2.75, 3.05) is 0 Å². The van der Waals surface area contributed by atoms with E-state index in [1.807, 2.05) is 29.5 Å². The Bertz CT molecular complexity index is 346. The highest BCUT2D eigenvalue weighted by atomic mass is 127. The van der Waals surface area contributed by atoms with Crippen molar-refractivity contribution in [3.05, 3.63) is 25.4 Å². The number of aromatic nitrogens is 2. The lowest BCUT2D eigenvalue weighted by molar-refractivity contribution is 0.741. The standard InChI is InChI=1S/C9H13IN2O/c1-3-4-5-7-11-6(2)8(10)9(13)12-7/h3-5H2,1-2H3,(H,11,12,13). The van der Waals surface area contributed by atoms with Crippen LogP contribution in [0.5, 0.6) is 0 Å². The number of nitrogens with one attached hydrogen (secondary N) is 1. The summed E-state index contributed by atoms with van der Waals surface area (Å²) in [5, 5.41) is 0. The van der Waals surface area contributed by atoms with Crippen LogP contribution in [0.2, 0.25) is 0 Å². The van der Waals surface area contributed by atoms with Crippen molar-refractivity contribution >= 4 is 22.6 Å². The van der Waals surface area contributed by atoms with Crippen LogP contribution in [0.4, 0.5) is 0 Å². The highest BCUT2D eigenvalue weighted by molar-refractivity contribution is 14.1. The van der Waals surface area contributed by atoms with E-state index in [1.165, 1.54) is 0 Å². The van der Waals surface area contributed by atoms with Gasteiger partial charge in [0.2, 0.25) is 0 Å². The van der Waals surface area contributed by atoms with Crippen LogP contribution >= 0.6 is 22.6 Å². The summed E-state index contributed by atoms with van der Waals surface area (Å²) < 4.78 is 0.692. The fraction of sp³-hybridized carbons (Fsp3) is 0.556. The monoisotopic (exact) mass is 292 g/mol. The van der Waals surface area contributed by atoms with Gasteiger partial charge in [-0.2, -0.15) is 0 Å². The summed E-state index contributed by atoms with van der Waals surface area (Å²) in [6, 6.07) is 0. The van der Waals surface area contributed by atoms with Crippen LogP contribution in [0, 0.1) is 10.5 Å². The first-order valence-corrected chi connectivity index (χ1v) is 5.48. The average molecular weight is 292 g/mol. The largest absolute Gasteiger partial charge is 0.310 e. The Kier molecular flexibility index (Phi) is 3.90. The molecule has 0 amide bonds. The molecule has 0 aliphatic rings. The smallest absolute Gasteiger partial charge is 0.264 e. The fourth-order valence-electron chi connectivity index (χ4n) is 1.09. The molecule has 0 aromatic carbocycles. The maximum absolute atomic E-state index is 11.3. The second-order valence-corrected chi connectivity index (χ2v) is 4.09. The minimum Gasteiger partial charge on any atom is -0.310 e. The van der Waals surface area contributed by atoms with Crippen LogP contribution in [0.15, 0.2) is 4.79 Å². The number of nitrogens with zero attached hydrogens (tertiary/aromatic N) is 1. The molecule has 4 heteroatoms. The van der Waals surface area contributed by atoms with E-state index in [0.717, 1.165) is 30.8 Å². The topological polar surface area (TPSA) is 45.8 Å². The zero-order chi connectivity index (χ0) is 9.84. The lowest BCUT2D eigenvalue weighted by Crippen LogP contribution is -2.16. The molecule has 1 aromatic rings. The summed E-state index contributed by atoms with van der Waals surface area (Å²) in [7, 11) is 0. The molecule has 0 bridgehead atoms. The summed E-state index contributed by atoms with van der Waals surface area (Å²) in [6.45, 7) is 3.99. The molecule has 0 radical (unpaired) electrons. The van der Waals surface area contributed by atoms with Crippen molar-refractivity contribution < 1.29 is 0 Å². The SMILES string of the molecule is CCCCc1nc(C)c(I)c(=O)[nH]1. The molecule has 0 unspecified atom stereocenters. The number of hydrogen-bond acceptors (Lipinski definition) is 2. The number of aromatic amines is 1. The third-order valence-electron chi connectivity index (χ3n) is 1.84. The summed E-state index contributed by atoms with van der Waals surface area (Å²) in [6.07, 6.45) is 3.06. The number of rotatable bonds is 3. The molecule has 72 valence electrons. The number of halogens is 1. The molecule has 1 aromatic heterocycles. The molecule has 1 rings (SSSR count). The van der Waals surface area contributed by atoms with E-state index in [4.69, 9.17) is 0 Å². The van der Waals surface area contributed by atoms with E-state index < -0.39 is 0 Å². The number of hydrogen-bond donors (Lipinski definition) is 1. The molecule has 0 saturated carbocycles. The Morgan fingerprint density at radius 3 is 2.77 bits per heavy atom. The summed E-state index contributed by atoms with van der Waals surface area (Å²) >= 11 is 2.02. The molecule has 3 nitrogen and oxygen atoms in total. The van der Waals surface area contributed by atoms with E-state index >= 15 is 0 Å². The van der Waals surface area contributed by atoms with Gasteiger partial charge in [0, 0.05) is 6.42 Å². The zero-order valence-corrected chi connectivity index (χ0v) is 10.0. The predicted molar refractivity (Wildman–Crippen MR) is 60.9 cm³/mol. The third-order valence-corrected chi connectivity index (χ3v) is 3.12. The first-order chi connectivity index (χ1) is 6.15. The van der Waals surface area contributed by atoms with Crippen molar-refractivity contribution in [1.82, 2.24) is 9.97 Å². The van der Waals surface area contributed by atoms with Gasteiger partial charge < -0.3 is 4.98 Å². The quantitative estimate of drug-likeness (QED) is 0.866. The van der Waals surface area contributed by atoms with Gasteiger partial charge in [0.15, 0.2) is 0 Å². The van der Waals surface area contributed by atoms with Gasteiger partial charge in [-0.25, -0.2) is 4.98 Å². The molecule has 0 aliphatic heterocycles. The Morgan fingerprint density at radius 2 is 2.23 bits per heavy atom. The summed E-state index contributed by atoms with van der Waals surface area (Å²) in [5.74, 6) is 0.810. The van der Waals surface area contributed by atoms with Crippen LogP contribution in [0.3, 0.4) is 0 Å². The zero-order valence-electron chi connectivity index (χ0n) is 7.85. The molecule has 0 aliphatic carbocycles. The van der Waals surface area contributed by atoms with E-state index in [1.54, 1.807) is 0 Å². The molecule has 13 heavy (non-hydrogen) atoms. The first-order valence-electron chi connectivity index (χ1n) is 4.40. The Balaban J connectivity index is 2.93. The number of H-pyrrole nitrogens is 1. The molecular weight excluding hydrogens is 279 g/mol. The molecule has 1 N–H and O–H groups in total. The van der Waals surface area contributed by atoms with Crippen LogP contribution in [0.25, 0.3) is 0 Å². The van der Waals surface area contributed by atoms with Gasteiger partial charge in [-0.3, -0.25) is 4.79 Å². The van der Waals surface area contributed by atoms with E-state index in [0.29, 0.717) is 3.57 Å². The van der Waals surface area contributed by atoms with Gasteiger partial charge in [0.05, 0.1) is 9.26 Å². The normalized spacial score (nSPS) is 10.4. The van der Waals surface area contributed by atoms with Gasteiger partial charge in [-0.05, 0) is 35.9 Å². The van der Waals surface area contributed by atoms with E-state index in [2.05, 4.69) is 16.9 Å². The predicted octanol–water partition coefficient (Wildman–Crippen LogP) is 2.03. The Morgan fingerprint density at radius 1 is 1.54 bits per heavy atom. The van der Waals surface area contributed by atoms with Gasteiger partial charge in [-0.15, -0.1) is 0 Å². The average Bonchev–Trinajstić information content (AvgIpc) is 2.10. The maximum Gasteiger partial charge on any atom is 0.264 e. The summed E-state index contributed by atoms with van der Waals surface area (Å²) in [4.78, 5) is 18.4. The van der Waals surface area contributed by atoms with Gasteiger partial charge >= 0.3 is 0 Å². The number of unbranched alkanes of at least 4 members (excludes halogenated alkanes) is 1. The molecule has 0 saturated heterocycles. The van der Waals surface area contributed by atoms with Crippen molar-refractivity contribution in [1.29, 1.82) is 0 Å². The van der Waals surface area contributed by atoms with Crippen molar-refractivity contribution in [2.45, 2.75) is 33.1 Å². The highest BCUT2D eigenvalue weighted by Crippen LogP contribution is 2.04. The summed E-state index contributed by atoms with van der Waals surface area (Å²) in [5.41, 5.74) is 0.814. The minimum absolute atomic E-state index is 0.0146. The lowest BCUT2D eigenvalue weighted by atomic mass is 10.2. The maximum atomic E-state index is 11.3. The second-order valence-electron chi connectivity index (χ2n) is 3.02. The fourth-order valence-corrected chi connectivity index (χ4v) is 1.35. The first kappa shape index (κ1) is 10.7. The van der Waals surface area contributed by atoms with Crippen molar-refractivity contribution in [3.8, 4) is 0 Å². The molecule has 0 spiro atoms. The highest BCUT2D eigenvalue weighted by Gasteiger charge is 2.03. The molecule has 0 fully saturated rings. The molecule has 1 heterocycles. The van der Waals surface area contributed by atoms with Crippen LogP contribution < -0.4 is 5.56 Å². The van der Waals surface area contributed by atoms with Crippen LogP contribution in [0.1, 0.15) is 31.3 Å². The second kappa shape index (κ2) is 4.74.